The van der Waals surface area contributed by atoms with E-state index in [1.54, 1.807) is 18.0 Å². The van der Waals surface area contributed by atoms with E-state index in [9.17, 15) is 9.90 Å². The van der Waals surface area contributed by atoms with Gasteiger partial charge in [0.15, 0.2) is 5.96 Å². The number of phenolic OH excluding ortho intramolecular Hbond substituents is 1. The van der Waals surface area contributed by atoms with Crippen molar-refractivity contribution < 1.29 is 32.9 Å². The molecule has 1 fully saturated rings. The van der Waals surface area contributed by atoms with E-state index in [4.69, 9.17) is 34.1 Å². The zero-order chi connectivity index (χ0) is 23.5. The highest BCUT2D eigenvalue weighted by molar-refractivity contribution is 7.79. The van der Waals surface area contributed by atoms with Crippen LogP contribution in [0.4, 0.5) is 0 Å². The number of carbonyl (C=O) groups is 1. The summed E-state index contributed by atoms with van der Waals surface area (Å²) in [6.07, 6.45) is -0.978. The number of aromatic nitrogens is 1. The number of aromatic hydroxyl groups is 1. The molecule has 144 valence electrons. The Hall–Kier alpha value is -2.67. The number of benzene rings is 1. The molecule has 12 heteroatoms. The molecule has 1 aliphatic rings. The summed E-state index contributed by atoms with van der Waals surface area (Å²) >= 11 is 0. The number of hydrogen-bond acceptors (Lipinski definition) is 6. The Bertz CT molecular complexity index is 1030. The van der Waals surface area contributed by atoms with Gasteiger partial charge in [0.05, 0.1) is 6.54 Å². The van der Waals surface area contributed by atoms with Gasteiger partial charge >= 0.3 is 10.4 Å². The number of aromatic amines is 1. The van der Waals surface area contributed by atoms with E-state index in [2.05, 4.69) is 10.3 Å². The monoisotopic (exact) mass is 391 g/mol. The van der Waals surface area contributed by atoms with Gasteiger partial charge in [-0.25, -0.2) is 0 Å². The lowest BCUT2D eigenvalue weighted by Crippen LogP contribution is -2.25. The molecular weight excluding hydrogens is 366 g/mol. The average molecular weight is 391 g/mol. The Labute approximate surface area is 155 Å². The summed E-state index contributed by atoms with van der Waals surface area (Å²) in [6, 6.07) is 4.44. The fourth-order valence-corrected chi connectivity index (χ4v) is 1.85. The molecule has 0 spiro atoms. The second-order valence-corrected chi connectivity index (χ2v) is 5.80. The number of likely N-dealkylation sites (N-methyl/N-ethyl adjacent to an activating group) is 1. The van der Waals surface area contributed by atoms with Crippen molar-refractivity contribution >= 4 is 33.2 Å². The summed E-state index contributed by atoms with van der Waals surface area (Å²) in [5, 5.41) is 19.1. The van der Waals surface area contributed by atoms with Crippen LogP contribution >= 0.6 is 0 Å². The molecule has 1 aromatic heterocycles. The zero-order valence-electron chi connectivity index (χ0n) is 17.5. The number of hydrogen-bond donors (Lipinski definition) is 7. The fourth-order valence-electron chi connectivity index (χ4n) is 1.85. The molecule has 0 bridgehead atoms. The molecule has 8 N–H and O–H groups in total. The molecule has 0 aliphatic carbocycles. The number of guanidine groups is 1. The van der Waals surface area contributed by atoms with Crippen molar-refractivity contribution in [2.75, 3.05) is 20.1 Å². The molecule has 0 unspecified atom stereocenters. The van der Waals surface area contributed by atoms with Gasteiger partial charge in [0.25, 0.3) is 0 Å². The van der Waals surface area contributed by atoms with Gasteiger partial charge in [0.1, 0.15) is 5.75 Å². The zero-order valence-corrected chi connectivity index (χ0v) is 14.3. The minimum absolute atomic E-state index is 0.00765. The predicted molar refractivity (Wildman–Crippen MR) is 95.4 cm³/mol. The van der Waals surface area contributed by atoms with Crippen LogP contribution in [0.3, 0.4) is 0 Å². The smallest absolute Gasteiger partial charge is 0.394 e. The van der Waals surface area contributed by atoms with Crippen molar-refractivity contribution in [3.05, 3.63) is 30.0 Å². The lowest BCUT2D eigenvalue weighted by Gasteiger charge is -2.03. The first-order chi connectivity index (χ1) is 13.4. The largest absolute Gasteiger partial charge is 0.508 e. The second-order valence-electron chi connectivity index (χ2n) is 4.90. The van der Waals surface area contributed by atoms with E-state index in [-0.39, 0.29) is 23.2 Å². The number of nitrogens with one attached hydrogen (secondary N) is 3. The Morgan fingerprint density at radius 2 is 2.04 bits per heavy atom. The summed E-state index contributed by atoms with van der Waals surface area (Å²) in [5.41, 5.74) is 5.93. The quantitative estimate of drug-likeness (QED) is 0.339. The number of carbonyl (C=O) groups excluding carboxylic acids is 1. The maximum atomic E-state index is 10.4. The number of aryl methyl sites for hydroxylation is 1. The van der Waals surface area contributed by atoms with E-state index in [1.807, 2.05) is 0 Å². The lowest BCUT2D eigenvalue weighted by atomic mass is 10.1. The van der Waals surface area contributed by atoms with Crippen molar-refractivity contribution in [1.82, 2.24) is 15.2 Å². The maximum absolute atomic E-state index is 10.4. The van der Waals surface area contributed by atoms with Crippen LogP contribution in [0.25, 0.3) is 10.9 Å². The molecule has 1 aromatic carbocycles. The number of H-pyrrole nitrogens is 1. The molecule has 2 heterocycles. The topological polar surface area (TPSA) is 193 Å². The number of fused-ring (bicyclic) bond motifs is 1. The number of amides is 1. The standard InChI is InChI=1S/C10H12N2O.C4H7N3O.H2O4S/c11-4-3-7-6-12-10-2-1-8(13)5-9(7)10;1-7-2-3(8)6-4(7)5;1-5(2,3)4/h1-2,5-6,12-13H,3-4,11H2;2H2,1H3,(H2,5,6,8);(H2,1,2,3,4)/i3D2,4D2;;. The highest BCUT2D eigenvalue weighted by atomic mass is 32.3. The summed E-state index contributed by atoms with van der Waals surface area (Å²) in [6.45, 7) is -2.19. The molecule has 0 radical (unpaired) electrons. The number of rotatable bonds is 2. The normalized spacial score (nSPS) is 17.0. The summed E-state index contributed by atoms with van der Waals surface area (Å²) in [5.74, 6) is 0.0826. The molecule has 26 heavy (non-hydrogen) atoms. The van der Waals surface area contributed by atoms with E-state index in [1.165, 1.54) is 18.3 Å². The summed E-state index contributed by atoms with van der Waals surface area (Å²) < 4.78 is 61.8. The minimum Gasteiger partial charge on any atom is -0.508 e. The Balaban J connectivity index is 0.000000286. The second kappa shape index (κ2) is 9.15. The molecule has 0 atom stereocenters. The molecular formula is C14H21N5O6S. The number of phenols is 1. The van der Waals surface area contributed by atoms with E-state index >= 15 is 0 Å². The van der Waals surface area contributed by atoms with Crippen LogP contribution in [0.1, 0.15) is 11.0 Å². The van der Waals surface area contributed by atoms with Gasteiger partial charge in [-0.15, -0.1) is 0 Å². The molecule has 11 nitrogen and oxygen atoms in total. The van der Waals surface area contributed by atoms with Gasteiger partial charge in [0.2, 0.25) is 5.91 Å². The first kappa shape index (κ1) is 15.6. The van der Waals surface area contributed by atoms with Crippen molar-refractivity contribution in [2.24, 2.45) is 5.73 Å². The highest BCUT2D eigenvalue weighted by Gasteiger charge is 2.18. The minimum atomic E-state index is -4.67. The molecule has 1 amide bonds. The van der Waals surface area contributed by atoms with Crippen LogP contribution in [-0.4, -0.2) is 64.5 Å². The molecule has 2 aromatic rings. The lowest BCUT2D eigenvalue weighted by molar-refractivity contribution is -0.118. The van der Waals surface area contributed by atoms with E-state index in [0.29, 0.717) is 17.4 Å². The van der Waals surface area contributed by atoms with Gasteiger partial charge in [-0.1, -0.05) is 0 Å². The molecule has 1 aliphatic heterocycles. The van der Waals surface area contributed by atoms with Gasteiger partial charge in [-0.3, -0.25) is 24.6 Å². The van der Waals surface area contributed by atoms with Crippen LogP contribution in [0.2, 0.25) is 0 Å². The van der Waals surface area contributed by atoms with Gasteiger partial charge in [-0.05, 0) is 36.6 Å². The van der Waals surface area contributed by atoms with Crippen LogP contribution < -0.4 is 11.1 Å². The summed E-state index contributed by atoms with van der Waals surface area (Å²) in [7, 11) is -2.97. The summed E-state index contributed by atoms with van der Waals surface area (Å²) in [4.78, 5) is 14.7. The highest BCUT2D eigenvalue weighted by Crippen LogP contribution is 2.22. The maximum Gasteiger partial charge on any atom is 0.394 e. The van der Waals surface area contributed by atoms with Gasteiger partial charge in [0, 0.05) is 29.6 Å². The van der Waals surface area contributed by atoms with Crippen molar-refractivity contribution in [2.45, 2.75) is 6.37 Å². The molecule has 0 saturated carbocycles. The Morgan fingerprint density at radius 3 is 2.46 bits per heavy atom. The average Bonchev–Trinajstić information content (AvgIpc) is 3.07. The van der Waals surface area contributed by atoms with Crippen molar-refractivity contribution in [3.63, 3.8) is 0 Å². The van der Waals surface area contributed by atoms with Crippen LogP contribution in [0.15, 0.2) is 24.4 Å². The third kappa shape index (κ3) is 7.48. The third-order valence-electron chi connectivity index (χ3n) is 2.89. The van der Waals surface area contributed by atoms with Crippen LogP contribution in [-0.2, 0) is 21.6 Å². The number of nitrogens with zero attached hydrogens (tertiary/aromatic N) is 1. The van der Waals surface area contributed by atoms with E-state index in [0.717, 1.165) is 0 Å². The Kier molecular flexibility index (Phi) is 5.48. The first-order valence-corrected chi connectivity index (χ1v) is 8.22. The van der Waals surface area contributed by atoms with Crippen LogP contribution in [0, 0.1) is 5.41 Å². The first-order valence-electron chi connectivity index (χ1n) is 8.82. The predicted octanol–water partition coefficient (Wildman–Crippen LogP) is -0.295. The van der Waals surface area contributed by atoms with E-state index < -0.39 is 23.3 Å². The van der Waals surface area contributed by atoms with Crippen molar-refractivity contribution in [3.8, 4) is 5.75 Å². The van der Waals surface area contributed by atoms with Gasteiger partial charge in [-0.2, -0.15) is 8.42 Å². The van der Waals surface area contributed by atoms with Gasteiger partial charge < -0.3 is 20.7 Å². The fraction of sp³-hybridized carbons (Fsp3) is 0.286. The van der Waals surface area contributed by atoms with Crippen LogP contribution in [0.5, 0.6) is 5.75 Å². The molecule has 3 rings (SSSR count). The third-order valence-corrected chi connectivity index (χ3v) is 2.89. The SMILES string of the molecule is CN1CC(=O)NC1=N.O=S(=O)(O)O.[2H]C([2H])(N)C([2H])([2H])c1c[nH]c2ccc(O)cc12. The number of nitrogens with two attached hydrogens (primary N) is 1. The Morgan fingerprint density at radius 1 is 1.42 bits per heavy atom. The van der Waals surface area contributed by atoms with Crippen molar-refractivity contribution in [1.29, 1.82) is 5.41 Å². The molecule has 1 saturated heterocycles.